The lowest BCUT2D eigenvalue weighted by Gasteiger charge is -2.22. The Labute approximate surface area is 94.5 Å². The molecule has 1 fully saturated rings. The van der Waals surface area contributed by atoms with Gasteiger partial charge in [0.15, 0.2) is 0 Å². The fraction of sp³-hybridized carbons (Fsp3) is 0.600. The van der Waals surface area contributed by atoms with E-state index in [1.165, 1.54) is 0 Å². The van der Waals surface area contributed by atoms with Crippen molar-refractivity contribution in [2.24, 2.45) is 11.7 Å². The Morgan fingerprint density at radius 2 is 2.40 bits per heavy atom. The zero-order valence-corrected chi connectivity index (χ0v) is 9.48. The summed E-state index contributed by atoms with van der Waals surface area (Å²) in [7, 11) is 0. The second kappa shape index (κ2) is 4.33. The largest absolute Gasteiger partial charge is 0.352 e. The van der Waals surface area contributed by atoms with Crippen LogP contribution < -0.4 is 10.6 Å². The molecule has 2 N–H and O–H groups in total. The molecular formula is C10H15ClN4. The van der Waals surface area contributed by atoms with Crippen molar-refractivity contribution in [2.45, 2.75) is 19.4 Å². The molecule has 1 aliphatic rings. The Morgan fingerprint density at radius 1 is 1.60 bits per heavy atom. The van der Waals surface area contributed by atoms with Gasteiger partial charge in [-0.2, -0.15) is 0 Å². The van der Waals surface area contributed by atoms with Crippen molar-refractivity contribution in [1.82, 2.24) is 9.97 Å². The van der Waals surface area contributed by atoms with E-state index in [9.17, 15) is 0 Å². The Hall–Kier alpha value is -0.870. The van der Waals surface area contributed by atoms with E-state index in [1.54, 1.807) is 12.4 Å². The predicted molar refractivity (Wildman–Crippen MR) is 61.0 cm³/mol. The van der Waals surface area contributed by atoms with Crippen LogP contribution in [0.25, 0.3) is 0 Å². The minimum atomic E-state index is 0.441. The average molecular weight is 227 g/mol. The van der Waals surface area contributed by atoms with Crippen LogP contribution in [0.3, 0.4) is 0 Å². The van der Waals surface area contributed by atoms with E-state index in [0.717, 1.165) is 25.3 Å². The van der Waals surface area contributed by atoms with E-state index in [4.69, 9.17) is 17.3 Å². The summed E-state index contributed by atoms with van der Waals surface area (Å²) in [6.07, 6.45) is 4.41. The van der Waals surface area contributed by atoms with Crippen molar-refractivity contribution >= 4 is 17.4 Å². The van der Waals surface area contributed by atoms with Gasteiger partial charge in [0.25, 0.3) is 0 Å². The summed E-state index contributed by atoms with van der Waals surface area (Å²) in [4.78, 5) is 10.5. The first-order chi connectivity index (χ1) is 7.20. The highest BCUT2D eigenvalue weighted by Crippen LogP contribution is 2.27. The maximum Gasteiger partial charge on any atom is 0.149 e. The molecule has 1 aromatic heterocycles. The van der Waals surface area contributed by atoms with Gasteiger partial charge in [0.1, 0.15) is 11.0 Å². The van der Waals surface area contributed by atoms with Gasteiger partial charge in [0.05, 0.1) is 12.4 Å². The van der Waals surface area contributed by atoms with Crippen molar-refractivity contribution in [3.05, 3.63) is 17.5 Å². The number of hydrogen-bond acceptors (Lipinski definition) is 4. The molecule has 2 atom stereocenters. The monoisotopic (exact) mass is 226 g/mol. The third-order valence-electron chi connectivity index (χ3n) is 2.88. The second-order valence-electron chi connectivity index (χ2n) is 4.04. The van der Waals surface area contributed by atoms with E-state index in [1.807, 2.05) is 0 Å². The maximum atomic E-state index is 5.82. The molecule has 82 valence electrons. The average Bonchev–Trinajstić information content (AvgIpc) is 2.60. The van der Waals surface area contributed by atoms with Crippen LogP contribution in [0.2, 0.25) is 5.15 Å². The highest BCUT2D eigenvalue weighted by Gasteiger charge is 2.29. The Morgan fingerprint density at radius 3 is 3.00 bits per heavy atom. The summed E-state index contributed by atoms with van der Waals surface area (Å²) in [5, 5.41) is 0.441. The van der Waals surface area contributed by atoms with Gasteiger partial charge >= 0.3 is 0 Å². The quantitative estimate of drug-likeness (QED) is 0.826. The van der Waals surface area contributed by atoms with Crippen LogP contribution in [0.5, 0.6) is 0 Å². The van der Waals surface area contributed by atoms with Crippen LogP contribution in [-0.4, -0.2) is 29.1 Å². The fourth-order valence-corrected chi connectivity index (χ4v) is 2.25. The van der Waals surface area contributed by atoms with Crippen molar-refractivity contribution < 1.29 is 0 Å². The smallest absolute Gasteiger partial charge is 0.149 e. The number of anilines is 1. The number of nitrogens with two attached hydrogens (primary N) is 1. The second-order valence-corrected chi connectivity index (χ2v) is 4.43. The topological polar surface area (TPSA) is 55.0 Å². The minimum Gasteiger partial charge on any atom is -0.352 e. The molecule has 1 aromatic rings. The Balaban J connectivity index is 2.17. The molecule has 1 saturated heterocycles. The zero-order chi connectivity index (χ0) is 10.8. The third kappa shape index (κ3) is 2.21. The summed E-state index contributed by atoms with van der Waals surface area (Å²) in [5.41, 5.74) is 5.68. The molecule has 0 aromatic carbocycles. The molecule has 4 nitrogen and oxygen atoms in total. The van der Waals surface area contributed by atoms with Gasteiger partial charge in [-0.1, -0.05) is 11.6 Å². The third-order valence-corrected chi connectivity index (χ3v) is 3.06. The molecule has 0 amide bonds. The van der Waals surface area contributed by atoms with Crippen LogP contribution in [0.4, 0.5) is 5.82 Å². The van der Waals surface area contributed by atoms with Crippen LogP contribution in [-0.2, 0) is 0 Å². The molecule has 0 radical (unpaired) electrons. The lowest BCUT2D eigenvalue weighted by Crippen LogP contribution is -2.28. The van der Waals surface area contributed by atoms with Crippen molar-refractivity contribution in [2.75, 3.05) is 18.0 Å². The van der Waals surface area contributed by atoms with Crippen molar-refractivity contribution in [3.63, 3.8) is 0 Å². The summed E-state index contributed by atoms with van der Waals surface area (Å²) < 4.78 is 0. The predicted octanol–water partition coefficient (Wildman–Crippen LogP) is 1.30. The van der Waals surface area contributed by atoms with Crippen molar-refractivity contribution in [1.29, 1.82) is 0 Å². The highest BCUT2D eigenvalue weighted by molar-refractivity contribution is 6.29. The summed E-state index contributed by atoms with van der Waals surface area (Å²) in [6.45, 7) is 3.86. The number of aromatic nitrogens is 2. The number of nitrogens with zero attached hydrogens (tertiary/aromatic N) is 3. The van der Waals surface area contributed by atoms with Gasteiger partial charge in [0, 0.05) is 12.6 Å². The van der Waals surface area contributed by atoms with Gasteiger partial charge in [0.2, 0.25) is 0 Å². The van der Waals surface area contributed by atoms with Gasteiger partial charge in [-0.3, -0.25) is 4.98 Å². The highest BCUT2D eigenvalue weighted by atomic mass is 35.5. The summed E-state index contributed by atoms with van der Waals surface area (Å²) >= 11 is 5.82. The van der Waals surface area contributed by atoms with Crippen LogP contribution in [0.1, 0.15) is 13.3 Å². The molecule has 0 bridgehead atoms. The van der Waals surface area contributed by atoms with Crippen molar-refractivity contribution in [3.8, 4) is 0 Å². The van der Waals surface area contributed by atoms with Gasteiger partial charge in [-0.25, -0.2) is 4.98 Å². The first kappa shape index (κ1) is 10.6. The number of hydrogen-bond donors (Lipinski definition) is 1. The molecule has 0 aliphatic carbocycles. The van der Waals surface area contributed by atoms with E-state index < -0.39 is 0 Å². The Kier molecular flexibility index (Phi) is 3.07. The zero-order valence-electron chi connectivity index (χ0n) is 8.73. The molecule has 2 rings (SSSR count). The lowest BCUT2D eigenvalue weighted by molar-refractivity contribution is 0.579. The SMILES string of the molecule is CC1CC(CN)CN1c1cncc(Cl)n1. The number of halogens is 1. The summed E-state index contributed by atoms with van der Waals surface area (Å²) in [5.74, 6) is 1.41. The van der Waals surface area contributed by atoms with Crippen LogP contribution >= 0.6 is 11.6 Å². The first-order valence-electron chi connectivity index (χ1n) is 5.15. The lowest BCUT2D eigenvalue weighted by atomic mass is 10.1. The molecule has 0 saturated carbocycles. The van der Waals surface area contributed by atoms with Crippen LogP contribution in [0.15, 0.2) is 12.4 Å². The van der Waals surface area contributed by atoms with Gasteiger partial charge in [-0.15, -0.1) is 0 Å². The van der Waals surface area contributed by atoms with E-state index in [0.29, 0.717) is 17.1 Å². The van der Waals surface area contributed by atoms with E-state index in [-0.39, 0.29) is 0 Å². The normalized spacial score (nSPS) is 25.9. The standard InChI is InChI=1S/C10H15ClN4/c1-7-2-8(3-12)6-15(7)10-5-13-4-9(11)14-10/h4-5,7-8H,2-3,6,12H2,1H3. The van der Waals surface area contributed by atoms with E-state index in [2.05, 4.69) is 21.8 Å². The minimum absolute atomic E-state index is 0.441. The van der Waals surface area contributed by atoms with E-state index >= 15 is 0 Å². The molecule has 15 heavy (non-hydrogen) atoms. The van der Waals surface area contributed by atoms with Crippen LogP contribution in [0, 0.1) is 5.92 Å². The Bertz CT molecular complexity index is 344. The molecule has 2 unspecified atom stereocenters. The fourth-order valence-electron chi connectivity index (χ4n) is 2.10. The van der Waals surface area contributed by atoms with Gasteiger partial charge < -0.3 is 10.6 Å². The molecule has 5 heteroatoms. The maximum absolute atomic E-state index is 5.82. The molecule has 0 spiro atoms. The van der Waals surface area contributed by atoms with Gasteiger partial charge in [-0.05, 0) is 25.8 Å². The number of rotatable bonds is 2. The summed E-state index contributed by atoms with van der Waals surface area (Å²) in [6, 6.07) is 0.464. The molecule has 1 aliphatic heterocycles. The first-order valence-corrected chi connectivity index (χ1v) is 5.52. The molecular weight excluding hydrogens is 212 g/mol. The molecule has 2 heterocycles.